The van der Waals surface area contributed by atoms with Crippen molar-refractivity contribution < 1.29 is 9.21 Å². The molecule has 1 aromatic rings. The van der Waals surface area contributed by atoms with Crippen molar-refractivity contribution in [2.24, 2.45) is 5.73 Å². The second-order valence-corrected chi connectivity index (χ2v) is 4.84. The summed E-state index contributed by atoms with van der Waals surface area (Å²) in [6.07, 6.45) is 5.86. The highest BCUT2D eigenvalue weighted by molar-refractivity contribution is 7.80. The van der Waals surface area contributed by atoms with E-state index in [4.69, 9.17) is 22.4 Å². The first-order chi connectivity index (χ1) is 8.18. The summed E-state index contributed by atoms with van der Waals surface area (Å²) >= 11 is 4.91. The Balaban J connectivity index is 2.14. The highest BCUT2D eigenvalue weighted by atomic mass is 32.1. The molecule has 2 N–H and O–H groups in total. The number of furan rings is 1. The zero-order valence-corrected chi connectivity index (χ0v) is 10.4. The van der Waals surface area contributed by atoms with E-state index < -0.39 is 0 Å². The predicted octanol–water partition coefficient (Wildman–Crippen LogP) is 1.95. The van der Waals surface area contributed by atoms with Gasteiger partial charge >= 0.3 is 0 Å². The van der Waals surface area contributed by atoms with Gasteiger partial charge in [0.15, 0.2) is 5.76 Å². The van der Waals surface area contributed by atoms with E-state index in [0.717, 1.165) is 25.7 Å². The van der Waals surface area contributed by atoms with Crippen molar-refractivity contribution in [3.63, 3.8) is 0 Å². The number of thiocarbonyl (C=S) groups is 1. The van der Waals surface area contributed by atoms with E-state index in [2.05, 4.69) is 0 Å². The van der Waals surface area contributed by atoms with Crippen LogP contribution in [0.25, 0.3) is 0 Å². The fourth-order valence-electron chi connectivity index (χ4n) is 2.29. The van der Waals surface area contributed by atoms with Gasteiger partial charge in [0.1, 0.15) is 0 Å². The number of carbonyl (C=O) groups excluding carboxylic acids is 1. The number of nitrogens with two attached hydrogens (primary N) is 1. The van der Waals surface area contributed by atoms with Crippen LogP contribution < -0.4 is 5.73 Å². The molecule has 1 aliphatic carbocycles. The average Bonchev–Trinajstić information content (AvgIpc) is 2.96. The minimum atomic E-state index is -0.116. The van der Waals surface area contributed by atoms with Crippen molar-refractivity contribution in [2.75, 3.05) is 6.54 Å². The van der Waals surface area contributed by atoms with Crippen molar-refractivity contribution in [3.05, 3.63) is 24.2 Å². The van der Waals surface area contributed by atoms with Gasteiger partial charge in [0, 0.05) is 6.04 Å². The standard InChI is InChI=1S/C12H16N2O2S/c13-11(17)8-14(9-4-1-2-5-9)12(15)10-6-3-7-16-10/h3,6-7,9H,1-2,4-5,8H2,(H2,13,17). The summed E-state index contributed by atoms with van der Waals surface area (Å²) in [5.41, 5.74) is 5.56. The van der Waals surface area contributed by atoms with Crippen LogP contribution in [0.4, 0.5) is 0 Å². The summed E-state index contributed by atoms with van der Waals surface area (Å²) < 4.78 is 5.14. The number of carbonyl (C=O) groups is 1. The Labute approximate surface area is 106 Å². The van der Waals surface area contributed by atoms with Gasteiger partial charge in [0.2, 0.25) is 0 Å². The fraction of sp³-hybridized carbons (Fsp3) is 0.500. The molecule has 0 bridgehead atoms. The Hall–Kier alpha value is -1.36. The van der Waals surface area contributed by atoms with Crippen LogP contribution in [0.15, 0.2) is 22.8 Å². The lowest BCUT2D eigenvalue weighted by Gasteiger charge is -2.27. The molecule has 0 aliphatic heterocycles. The lowest BCUT2D eigenvalue weighted by Crippen LogP contribution is -2.43. The van der Waals surface area contributed by atoms with Gasteiger partial charge in [0.25, 0.3) is 5.91 Å². The van der Waals surface area contributed by atoms with E-state index in [-0.39, 0.29) is 11.9 Å². The molecule has 0 saturated heterocycles. The molecule has 0 atom stereocenters. The molecule has 1 aromatic heterocycles. The maximum Gasteiger partial charge on any atom is 0.290 e. The first-order valence-electron chi connectivity index (χ1n) is 5.81. The molecule has 0 radical (unpaired) electrons. The van der Waals surface area contributed by atoms with Gasteiger partial charge in [-0.05, 0) is 25.0 Å². The molecule has 1 fully saturated rings. The van der Waals surface area contributed by atoms with E-state index in [1.165, 1.54) is 6.26 Å². The third-order valence-corrected chi connectivity index (χ3v) is 3.21. The number of hydrogen-bond donors (Lipinski definition) is 1. The Kier molecular flexibility index (Phi) is 3.78. The minimum Gasteiger partial charge on any atom is -0.459 e. The van der Waals surface area contributed by atoms with Gasteiger partial charge in [0.05, 0.1) is 17.8 Å². The smallest absolute Gasteiger partial charge is 0.290 e. The maximum atomic E-state index is 12.2. The normalized spacial score (nSPS) is 16.0. The quantitative estimate of drug-likeness (QED) is 0.832. The van der Waals surface area contributed by atoms with Crippen LogP contribution in [0.1, 0.15) is 36.2 Å². The summed E-state index contributed by atoms with van der Waals surface area (Å²) in [4.78, 5) is 14.3. The van der Waals surface area contributed by atoms with Crippen molar-refractivity contribution in [1.29, 1.82) is 0 Å². The lowest BCUT2D eigenvalue weighted by atomic mass is 10.2. The third kappa shape index (κ3) is 2.85. The largest absolute Gasteiger partial charge is 0.459 e. The van der Waals surface area contributed by atoms with Crippen molar-refractivity contribution in [3.8, 4) is 0 Å². The van der Waals surface area contributed by atoms with Crippen LogP contribution in [-0.4, -0.2) is 28.4 Å². The molecular formula is C12H16N2O2S. The van der Waals surface area contributed by atoms with Gasteiger partial charge in [-0.1, -0.05) is 25.1 Å². The van der Waals surface area contributed by atoms with Gasteiger partial charge in [-0.15, -0.1) is 0 Å². The van der Waals surface area contributed by atoms with Gasteiger partial charge in [-0.25, -0.2) is 0 Å². The average molecular weight is 252 g/mol. The van der Waals surface area contributed by atoms with Gasteiger partial charge < -0.3 is 15.1 Å². The number of amides is 1. The number of hydrogen-bond acceptors (Lipinski definition) is 3. The molecule has 5 heteroatoms. The van der Waals surface area contributed by atoms with Crippen LogP contribution in [-0.2, 0) is 0 Å². The Morgan fingerprint density at radius 3 is 2.76 bits per heavy atom. The Bertz CT molecular complexity index is 397. The Morgan fingerprint density at radius 1 is 1.53 bits per heavy atom. The molecule has 4 nitrogen and oxygen atoms in total. The van der Waals surface area contributed by atoms with Crippen molar-refractivity contribution in [1.82, 2.24) is 4.90 Å². The summed E-state index contributed by atoms with van der Waals surface area (Å²) in [5, 5.41) is 0. The van der Waals surface area contributed by atoms with Gasteiger partial charge in [-0.2, -0.15) is 0 Å². The van der Waals surface area contributed by atoms with Crippen molar-refractivity contribution in [2.45, 2.75) is 31.7 Å². The zero-order chi connectivity index (χ0) is 12.3. The summed E-state index contributed by atoms with van der Waals surface area (Å²) in [6.45, 7) is 0.333. The molecule has 17 heavy (non-hydrogen) atoms. The highest BCUT2D eigenvalue weighted by Gasteiger charge is 2.28. The topological polar surface area (TPSA) is 59.5 Å². The molecule has 0 spiro atoms. The summed E-state index contributed by atoms with van der Waals surface area (Å²) in [7, 11) is 0. The minimum absolute atomic E-state index is 0.116. The van der Waals surface area contributed by atoms with Crippen LogP contribution in [0, 0.1) is 0 Å². The highest BCUT2D eigenvalue weighted by Crippen LogP contribution is 2.24. The number of nitrogens with zero attached hydrogens (tertiary/aromatic N) is 1. The van der Waals surface area contributed by atoms with Crippen LogP contribution >= 0.6 is 12.2 Å². The van der Waals surface area contributed by atoms with Crippen LogP contribution in [0.3, 0.4) is 0 Å². The van der Waals surface area contributed by atoms with E-state index in [9.17, 15) is 4.79 Å². The molecule has 0 unspecified atom stereocenters. The zero-order valence-electron chi connectivity index (χ0n) is 9.59. The molecular weight excluding hydrogens is 236 g/mol. The first kappa shape index (κ1) is 12.1. The molecule has 92 valence electrons. The van der Waals surface area contributed by atoms with Crippen LogP contribution in [0.2, 0.25) is 0 Å². The molecule has 1 aliphatic rings. The number of rotatable bonds is 4. The van der Waals surface area contributed by atoms with Gasteiger partial charge in [-0.3, -0.25) is 4.79 Å². The van der Waals surface area contributed by atoms with Crippen molar-refractivity contribution >= 4 is 23.1 Å². The first-order valence-corrected chi connectivity index (χ1v) is 6.22. The monoisotopic (exact) mass is 252 g/mol. The second-order valence-electron chi connectivity index (χ2n) is 4.31. The van der Waals surface area contributed by atoms with E-state index >= 15 is 0 Å². The lowest BCUT2D eigenvalue weighted by molar-refractivity contribution is 0.0682. The summed E-state index contributed by atoms with van der Waals surface area (Å²) in [6, 6.07) is 3.62. The molecule has 1 saturated carbocycles. The van der Waals surface area contributed by atoms with Crippen LogP contribution in [0.5, 0.6) is 0 Å². The SMILES string of the molecule is NC(=S)CN(C(=O)c1ccco1)C1CCCC1. The fourth-order valence-corrected chi connectivity index (χ4v) is 2.43. The summed E-state index contributed by atoms with van der Waals surface area (Å²) in [5.74, 6) is 0.239. The predicted molar refractivity (Wildman–Crippen MR) is 68.8 cm³/mol. The van der Waals surface area contributed by atoms with E-state index in [0.29, 0.717) is 17.3 Å². The second kappa shape index (κ2) is 5.31. The molecule has 1 heterocycles. The Morgan fingerprint density at radius 2 is 2.24 bits per heavy atom. The van der Waals surface area contributed by atoms with E-state index in [1.54, 1.807) is 17.0 Å². The third-order valence-electron chi connectivity index (χ3n) is 3.08. The molecule has 2 rings (SSSR count). The maximum absolute atomic E-state index is 12.2. The van der Waals surface area contributed by atoms with E-state index in [1.807, 2.05) is 0 Å². The molecule has 0 aromatic carbocycles. The molecule has 1 amide bonds.